The van der Waals surface area contributed by atoms with Gasteiger partial charge in [-0.3, -0.25) is 9.69 Å². The summed E-state index contributed by atoms with van der Waals surface area (Å²) in [6, 6.07) is 8.55. The number of fused-ring (bicyclic) bond motifs is 2. The number of likely N-dealkylation sites (tertiary alicyclic amines) is 1. The molecule has 170 valence electrons. The average molecular weight is 467 g/mol. The van der Waals surface area contributed by atoms with Crippen molar-refractivity contribution in [1.29, 1.82) is 0 Å². The Morgan fingerprint density at radius 2 is 1.81 bits per heavy atom. The van der Waals surface area contributed by atoms with Crippen LogP contribution in [-0.4, -0.2) is 62.7 Å². The molecule has 1 fully saturated rings. The minimum absolute atomic E-state index is 0. The largest absolute Gasteiger partial charge is 0.341 e. The molecule has 7 nitrogen and oxygen atoms in total. The standard InChI is InChI=1S/C22H30N6O.2ClH/c1-16(27-12-6-17-4-2-3-5-19(17)15-27)22(29)26-10-7-18(8-11-26)21-25-24-20-14-23-9-13-28(20)21;;/h2-5,16,18,23H,6-15H2,1H3;2*1H. The Bertz CT molecular complexity index is 896. The second kappa shape index (κ2) is 10.3. The summed E-state index contributed by atoms with van der Waals surface area (Å²) in [5.41, 5.74) is 2.79. The number of rotatable bonds is 3. The van der Waals surface area contributed by atoms with E-state index in [0.717, 1.165) is 76.7 Å². The zero-order chi connectivity index (χ0) is 19.8. The van der Waals surface area contributed by atoms with Crippen LogP contribution in [0.5, 0.6) is 0 Å². The van der Waals surface area contributed by atoms with Crippen LogP contribution in [0.15, 0.2) is 24.3 Å². The Labute approximate surface area is 196 Å². The van der Waals surface area contributed by atoms with Gasteiger partial charge < -0.3 is 14.8 Å². The molecule has 3 aliphatic heterocycles. The first kappa shape index (κ1) is 24.0. The molecule has 4 heterocycles. The molecule has 5 rings (SSSR count). The lowest BCUT2D eigenvalue weighted by Gasteiger charge is -2.38. The van der Waals surface area contributed by atoms with Crippen molar-refractivity contribution in [1.82, 2.24) is 29.9 Å². The summed E-state index contributed by atoms with van der Waals surface area (Å²) < 4.78 is 2.28. The highest BCUT2D eigenvalue weighted by atomic mass is 35.5. The fourth-order valence-electron chi connectivity index (χ4n) is 5.04. The molecular formula is C22H32Cl2N6O. The molecule has 0 bridgehead atoms. The fraction of sp³-hybridized carbons (Fsp3) is 0.591. The minimum Gasteiger partial charge on any atom is -0.341 e. The van der Waals surface area contributed by atoms with Gasteiger partial charge in [0.05, 0.1) is 12.6 Å². The monoisotopic (exact) mass is 466 g/mol. The number of carbonyl (C=O) groups excluding carboxylic acids is 1. The summed E-state index contributed by atoms with van der Waals surface area (Å²) in [4.78, 5) is 17.6. The molecule has 0 radical (unpaired) electrons. The van der Waals surface area contributed by atoms with Gasteiger partial charge in [-0.2, -0.15) is 0 Å². The van der Waals surface area contributed by atoms with Gasteiger partial charge in [0.25, 0.3) is 0 Å². The minimum atomic E-state index is -0.0631. The van der Waals surface area contributed by atoms with E-state index in [9.17, 15) is 4.79 Å². The Balaban J connectivity index is 0.00000136. The van der Waals surface area contributed by atoms with Crippen LogP contribution in [0.2, 0.25) is 0 Å². The molecule has 0 spiro atoms. The zero-order valence-corrected chi connectivity index (χ0v) is 19.6. The van der Waals surface area contributed by atoms with Gasteiger partial charge in [-0.05, 0) is 37.3 Å². The highest BCUT2D eigenvalue weighted by Gasteiger charge is 2.33. The number of piperidine rings is 1. The van der Waals surface area contributed by atoms with Gasteiger partial charge in [-0.25, -0.2) is 0 Å². The lowest BCUT2D eigenvalue weighted by Crippen LogP contribution is -2.50. The van der Waals surface area contributed by atoms with Crippen molar-refractivity contribution in [3.63, 3.8) is 0 Å². The molecule has 1 aromatic heterocycles. The van der Waals surface area contributed by atoms with E-state index in [1.54, 1.807) is 0 Å². The maximum Gasteiger partial charge on any atom is 0.239 e. The summed E-state index contributed by atoms with van der Waals surface area (Å²) in [6.45, 7) is 8.28. The predicted molar refractivity (Wildman–Crippen MR) is 125 cm³/mol. The predicted octanol–water partition coefficient (Wildman–Crippen LogP) is 2.38. The molecule has 0 aliphatic carbocycles. The lowest BCUT2D eigenvalue weighted by atomic mass is 9.94. The van der Waals surface area contributed by atoms with Crippen LogP contribution in [0.1, 0.15) is 48.5 Å². The second-order valence-electron chi connectivity index (χ2n) is 8.57. The van der Waals surface area contributed by atoms with Crippen LogP contribution in [0, 0.1) is 0 Å². The first-order valence-corrected chi connectivity index (χ1v) is 10.9. The number of hydrogen-bond donors (Lipinski definition) is 1. The van der Waals surface area contributed by atoms with Gasteiger partial charge in [0.15, 0.2) is 0 Å². The van der Waals surface area contributed by atoms with Crippen molar-refractivity contribution < 1.29 is 4.79 Å². The van der Waals surface area contributed by atoms with Crippen molar-refractivity contribution in [3.8, 4) is 0 Å². The van der Waals surface area contributed by atoms with Crippen molar-refractivity contribution in [2.45, 2.75) is 57.8 Å². The number of aromatic nitrogens is 3. The number of nitrogens with one attached hydrogen (secondary N) is 1. The molecule has 1 amide bonds. The first-order valence-electron chi connectivity index (χ1n) is 10.9. The number of carbonyl (C=O) groups is 1. The molecule has 2 aromatic rings. The summed E-state index contributed by atoms with van der Waals surface area (Å²) >= 11 is 0. The molecule has 31 heavy (non-hydrogen) atoms. The van der Waals surface area contributed by atoms with Crippen LogP contribution >= 0.6 is 24.8 Å². The van der Waals surface area contributed by atoms with Crippen molar-refractivity contribution >= 4 is 30.7 Å². The third-order valence-corrected chi connectivity index (χ3v) is 6.89. The van der Waals surface area contributed by atoms with Crippen molar-refractivity contribution in [2.24, 2.45) is 0 Å². The number of hydrogen-bond acceptors (Lipinski definition) is 5. The first-order chi connectivity index (χ1) is 14.2. The Kier molecular flexibility index (Phi) is 7.97. The molecule has 1 unspecified atom stereocenters. The number of benzene rings is 1. The zero-order valence-electron chi connectivity index (χ0n) is 18.0. The molecule has 0 saturated carbocycles. The smallest absolute Gasteiger partial charge is 0.239 e. The van der Waals surface area contributed by atoms with E-state index in [2.05, 4.69) is 61.1 Å². The highest BCUT2D eigenvalue weighted by Crippen LogP contribution is 2.29. The summed E-state index contributed by atoms with van der Waals surface area (Å²) in [6.07, 6.45) is 2.99. The molecule has 1 aromatic carbocycles. The molecule has 1 N–H and O–H groups in total. The molecule has 9 heteroatoms. The Morgan fingerprint density at radius 3 is 2.58 bits per heavy atom. The van der Waals surface area contributed by atoms with E-state index in [-0.39, 0.29) is 36.8 Å². The van der Waals surface area contributed by atoms with Crippen LogP contribution in [-0.2, 0) is 30.8 Å². The van der Waals surface area contributed by atoms with Gasteiger partial charge in [0.2, 0.25) is 5.91 Å². The number of halogens is 2. The van der Waals surface area contributed by atoms with Gasteiger partial charge in [0.1, 0.15) is 11.6 Å². The van der Waals surface area contributed by atoms with E-state index >= 15 is 0 Å². The summed E-state index contributed by atoms with van der Waals surface area (Å²) in [5.74, 6) is 2.85. The van der Waals surface area contributed by atoms with Crippen molar-refractivity contribution in [2.75, 3.05) is 26.2 Å². The maximum absolute atomic E-state index is 13.2. The van der Waals surface area contributed by atoms with Gasteiger partial charge in [-0.15, -0.1) is 35.0 Å². The van der Waals surface area contributed by atoms with Gasteiger partial charge in [0, 0.05) is 45.2 Å². The van der Waals surface area contributed by atoms with E-state index in [1.165, 1.54) is 11.1 Å². The Morgan fingerprint density at radius 1 is 1.06 bits per heavy atom. The topological polar surface area (TPSA) is 66.3 Å². The van der Waals surface area contributed by atoms with Gasteiger partial charge >= 0.3 is 0 Å². The summed E-state index contributed by atoms with van der Waals surface area (Å²) in [7, 11) is 0. The van der Waals surface area contributed by atoms with Crippen LogP contribution in [0.3, 0.4) is 0 Å². The number of amides is 1. The molecule has 1 saturated heterocycles. The molecular weight excluding hydrogens is 435 g/mol. The van der Waals surface area contributed by atoms with Crippen LogP contribution in [0.25, 0.3) is 0 Å². The second-order valence-corrected chi connectivity index (χ2v) is 8.57. The Hall–Kier alpha value is -1.67. The third-order valence-electron chi connectivity index (χ3n) is 6.89. The average Bonchev–Trinajstić information content (AvgIpc) is 3.22. The van der Waals surface area contributed by atoms with E-state index in [4.69, 9.17) is 0 Å². The van der Waals surface area contributed by atoms with E-state index in [1.807, 2.05) is 0 Å². The number of nitrogens with zero attached hydrogens (tertiary/aromatic N) is 5. The lowest BCUT2D eigenvalue weighted by molar-refractivity contribution is -0.137. The maximum atomic E-state index is 13.2. The van der Waals surface area contributed by atoms with E-state index in [0.29, 0.717) is 5.92 Å². The van der Waals surface area contributed by atoms with E-state index < -0.39 is 0 Å². The SMILES string of the molecule is CC(C(=O)N1CCC(c2nnc3n2CCNC3)CC1)N1CCc2ccccc2C1.Cl.Cl. The molecule has 1 atom stereocenters. The van der Waals surface area contributed by atoms with Crippen LogP contribution in [0.4, 0.5) is 0 Å². The normalized spacial score (nSPS) is 20.1. The summed E-state index contributed by atoms with van der Waals surface area (Å²) in [5, 5.41) is 12.2. The highest BCUT2D eigenvalue weighted by molar-refractivity contribution is 5.85. The molecule has 3 aliphatic rings. The fourth-order valence-corrected chi connectivity index (χ4v) is 5.04. The van der Waals surface area contributed by atoms with Gasteiger partial charge in [-0.1, -0.05) is 24.3 Å². The quantitative estimate of drug-likeness (QED) is 0.751. The third kappa shape index (κ3) is 4.75. The van der Waals surface area contributed by atoms with Crippen molar-refractivity contribution in [3.05, 3.63) is 47.0 Å². The van der Waals surface area contributed by atoms with Crippen LogP contribution < -0.4 is 5.32 Å².